The number of halogens is 1. The maximum Gasteiger partial charge on any atom is 0.407 e. The molecule has 0 aromatic carbocycles. The summed E-state index contributed by atoms with van der Waals surface area (Å²) in [5.74, 6) is 0.734. The lowest BCUT2D eigenvalue weighted by Gasteiger charge is -2.33. The van der Waals surface area contributed by atoms with Gasteiger partial charge >= 0.3 is 12.1 Å². The van der Waals surface area contributed by atoms with Crippen molar-refractivity contribution < 1.29 is 14.3 Å². The van der Waals surface area contributed by atoms with Crippen LogP contribution in [0.25, 0.3) is 0 Å². The van der Waals surface area contributed by atoms with Gasteiger partial charge < -0.3 is 19.7 Å². The predicted octanol–water partition coefficient (Wildman–Crippen LogP) is 2.63. The van der Waals surface area contributed by atoms with Gasteiger partial charge in [-0.1, -0.05) is 11.6 Å². The number of carbonyl (C=O) groups excluding carboxylic acids is 1. The van der Waals surface area contributed by atoms with Crippen LogP contribution in [0.1, 0.15) is 33.6 Å². The molecule has 0 radical (unpaired) electrons. The lowest BCUT2D eigenvalue weighted by molar-refractivity contribution is 0.0497. The Kier molecular flexibility index (Phi) is 5.51. The smallest absolute Gasteiger partial charge is 0.407 e. The predicted molar refractivity (Wildman–Crippen MR) is 88.2 cm³/mol. The molecule has 7 nitrogen and oxygen atoms in total. The number of amides is 1. The Morgan fingerprint density at radius 3 is 2.57 bits per heavy atom. The van der Waals surface area contributed by atoms with Gasteiger partial charge in [-0.25, -0.2) is 4.79 Å². The van der Waals surface area contributed by atoms with Crippen LogP contribution in [0.4, 0.5) is 10.6 Å². The van der Waals surface area contributed by atoms with E-state index in [2.05, 4.69) is 20.2 Å². The third-order valence-electron chi connectivity index (χ3n) is 3.38. The first-order valence-corrected chi connectivity index (χ1v) is 7.97. The fourth-order valence-electron chi connectivity index (χ4n) is 2.37. The van der Waals surface area contributed by atoms with Crippen LogP contribution in [0.15, 0.2) is 6.07 Å². The van der Waals surface area contributed by atoms with Gasteiger partial charge in [-0.15, -0.1) is 0 Å². The molecule has 2 heterocycles. The van der Waals surface area contributed by atoms with Gasteiger partial charge in [-0.05, 0) is 33.6 Å². The van der Waals surface area contributed by atoms with Gasteiger partial charge in [0, 0.05) is 25.2 Å². The average molecular weight is 343 g/mol. The molecule has 1 fully saturated rings. The molecule has 0 bridgehead atoms. The van der Waals surface area contributed by atoms with E-state index in [1.165, 1.54) is 7.11 Å². The molecular formula is C15H23ClN4O3. The minimum Gasteiger partial charge on any atom is -0.467 e. The molecule has 128 valence electrons. The number of ether oxygens (including phenoxy) is 2. The quantitative estimate of drug-likeness (QED) is 0.851. The highest BCUT2D eigenvalue weighted by molar-refractivity contribution is 6.29. The molecule has 8 heteroatoms. The minimum absolute atomic E-state index is 0.0975. The molecule has 0 spiro atoms. The first-order chi connectivity index (χ1) is 10.8. The van der Waals surface area contributed by atoms with Gasteiger partial charge in [0.1, 0.15) is 16.6 Å². The number of nitrogens with one attached hydrogen (secondary N) is 1. The highest BCUT2D eigenvalue weighted by Gasteiger charge is 2.24. The van der Waals surface area contributed by atoms with Crippen molar-refractivity contribution in [2.24, 2.45) is 0 Å². The zero-order chi connectivity index (χ0) is 17.0. The van der Waals surface area contributed by atoms with Crippen LogP contribution in [-0.4, -0.2) is 47.9 Å². The van der Waals surface area contributed by atoms with E-state index in [9.17, 15) is 4.79 Å². The minimum atomic E-state index is -0.487. The van der Waals surface area contributed by atoms with E-state index in [1.54, 1.807) is 6.07 Å². The average Bonchev–Trinajstić information content (AvgIpc) is 2.45. The zero-order valence-electron chi connectivity index (χ0n) is 13.9. The Morgan fingerprint density at radius 1 is 1.35 bits per heavy atom. The number of rotatable bonds is 3. The van der Waals surface area contributed by atoms with Crippen molar-refractivity contribution in [3.8, 4) is 6.01 Å². The molecule has 1 amide bonds. The Labute approximate surface area is 141 Å². The van der Waals surface area contributed by atoms with E-state index in [4.69, 9.17) is 21.1 Å². The van der Waals surface area contributed by atoms with Crippen LogP contribution in [-0.2, 0) is 4.74 Å². The van der Waals surface area contributed by atoms with Gasteiger partial charge in [-0.2, -0.15) is 9.97 Å². The summed E-state index contributed by atoms with van der Waals surface area (Å²) in [6.07, 6.45) is 1.24. The number of carbonyl (C=O) groups is 1. The van der Waals surface area contributed by atoms with Crippen molar-refractivity contribution >= 4 is 23.5 Å². The van der Waals surface area contributed by atoms with Crippen LogP contribution in [0.2, 0.25) is 5.15 Å². The molecule has 1 saturated heterocycles. The third kappa shape index (κ3) is 5.42. The summed E-state index contributed by atoms with van der Waals surface area (Å²) < 4.78 is 10.3. The van der Waals surface area contributed by atoms with E-state index < -0.39 is 5.60 Å². The number of piperidine rings is 1. The number of hydrogen-bond donors (Lipinski definition) is 1. The summed E-state index contributed by atoms with van der Waals surface area (Å²) in [5, 5.41) is 3.26. The molecule has 1 aliphatic rings. The number of nitrogens with zero attached hydrogens (tertiary/aromatic N) is 3. The lowest BCUT2D eigenvalue weighted by Crippen LogP contribution is -2.46. The van der Waals surface area contributed by atoms with Gasteiger partial charge in [0.15, 0.2) is 0 Å². The molecule has 0 atom stereocenters. The van der Waals surface area contributed by atoms with Crippen LogP contribution >= 0.6 is 11.6 Å². The topological polar surface area (TPSA) is 76.6 Å². The van der Waals surface area contributed by atoms with E-state index in [1.807, 2.05) is 20.8 Å². The monoisotopic (exact) mass is 342 g/mol. The number of anilines is 1. The van der Waals surface area contributed by atoms with Crippen molar-refractivity contribution in [1.29, 1.82) is 0 Å². The molecule has 0 unspecified atom stereocenters. The van der Waals surface area contributed by atoms with Gasteiger partial charge in [-0.3, -0.25) is 0 Å². The normalized spacial score (nSPS) is 16.1. The zero-order valence-corrected chi connectivity index (χ0v) is 14.7. The number of aromatic nitrogens is 2. The SMILES string of the molecule is COc1nc(Cl)cc(N2CCC(NC(=O)OC(C)(C)C)CC2)n1. The Hall–Kier alpha value is -1.76. The molecule has 1 aromatic heterocycles. The van der Waals surface area contributed by atoms with Crippen molar-refractivity contribution in [2.75, 3.05) is 25.1 Å². The Morgan fingerprint density at radius 2 is 2.00 bits per heavy atom. The molecule has 23 heavy (non-hydrogen) atoms. The number of alkyl carbamates (subject to hydrolysis) is 1. The maximum atomic E-state index is 11.8. The Balaban J connectivity index is 1.89. The fraction of sp³-hybridized carbons (Fsp3) is 0.667. The molecule has 1 aromatic rings. The van der Waals surface area contributed by atoms with E-state index in [-0.39, 0.29) is 18.1 Å². The standard InChI is InChI=1S/C15H23ClN4O3/c1-15(2,3)23-14(21)17-10-5-7-20(8-6-10)12-9-11(16)18-13(19-12)22-4/h9-10H,5-8H2,1-4H3,(H,17,21). The molecule has 1 N–H and O–H groups in total. The second-order valence-electron chi connectivity index (χ2n) is 6.44. The third-order valence-corrected chi connectivity index (χ3v) is 3.58. The summed E-state index contributed by atoms with van der Waals surface area (Å²) in [5.41, 5.74) is -0.487. The number of hydrogen-bond acceptors (Lipinski definition) is 6. The lowest BCUT2D eigenvalue weighted by atomic mass is 10.1. The van der Waals surface area contributed by atoms with Gasteiger partial charge in [0.05, 0.1) is 7.11 Å². The van der Waals surface area contributed by atoms with Crippen LogP contribution in [0, 0.1) is 0 Å². The highest BCUT2D eigenvalue weighted by atomic mass is 35.5. The molecule has 2 rings (SSSR count). The summed E-state index contributed by atoms with van der Waals surface area (Å²) in [6, 6.07) is 2.06. The van der Waals surface area contributed by atoms with Crippen molar-refractivity contribution in [2.45, 2.75) is 45.3 Å². The van der Waals surface area contributed by atoms with Crippen molar-refractivity contribution in [3.63, 3.8) is 0 Å². The fourth-order valence-corrected chi connectivity index (χ4v) is 2.54. The molecular weight excluding hydrogens is 320 g/mol. The highest BCUT2D eigenvalue weighted by Crippen LogP contribution is 2.23. The summed E-state index contributed by atoms with van der Waals surface area (Å²) in [4.78, 5) is 22.2. The van der Waals surface area contributed by atoms with Crippen LogP contribution < -0.4 is 15.0 Å². The Bertz CT molecular complexity index is 554. The van der Waals surface area contributed by atoms with E-state index in [0.717, 1.165) is 31.7 Å². The van der Waals surface area contributed by atoms with Gasteiger partial charge in [0.2, 0.25) is 0 Å². The van der Waals surface area contributed by atoms with Crippen LogP contribution in [0.5, 0.6) is 6.01 Å². The summed E-state index contributed by atoms with van der Waals surface area (Å²) in [7, 11) is 1.51. The van der Waals surface area contributed by atoms with Crippen molar-refractivity contribution in [3.05, 3.63) is 11.2 Å². The molecule has 0 aliphatic carbocycles. The summed E-state index contributed by atoms with van der Waals surface area (Å²) >= 11 is 5.98. The van der Waals surface area contributed by atoms with Gasteiger partial charge in [0.25, 0.3) is 0 Å². The van der Waals surface area contributed by atoms with E-state index in [0.29, 0.717) is 5.15 Å². The number of methoxy groups -OCH3 is 1. The van der Waals surface area contributed by atoms with E-state index >= 15 is 0 Å². The van der Waals surface area contributed by atoms with Crippen molar-refractivity contribution in [1.82, 2.24) is 15.3 Å². The summed E-state index contributed by atoms with van der Waals surface area (Å²) in [6.45, 7) is 7.07. The second-order valence-corrected chi connectivity index (χ2v) is 6.83. The largest absolute Gasteiger partial charge is 0.467 e. The molecule has 0 saturated carbocycles. The second kappa shape index (κ2) is 7.21. The maximum absolute atomic E-state index is 11.8. The first kappa shape index (κ1) is 17.6. The molecule has 1 aliphatic heterocycles. The van der Waals surface area contributed by atoms with Crippen LogP contribution in [0.3, 0.4) is 0 Å². The first-order valence-electron chi connectivity index (χ1n) is 7.60.